The summed E-state index contributed by atoms with van der Waals surface area (Å²) in [6.45, 7) is 14.6. The van der Waals surface area contributed by atoms with Crippen molar-refractivity contribution in [2.75, 3.05) is 0 Å². The molecule has 0 saturated heterocycles. The predicted molar refractivity (Wildman–Crippen MR) is 123 cm³/mol. The first-order valence-corrected chi connectivity index (χ1v) is 11.4. The summed E-state index contributed by atoms with van der Waals surface area (Å²) in [4.78, 5) is 15.6. The van der Waals surface area contributed by atoms with Crippen molar-refractivity contribution in [1.82, 2.24) is 9.47 Å². The lowest BCUT2D eigenvalue weighted by molar-refractivity contribution is -0.139. The Bertz CT molecular complexity index is 762. The minimum absolute atomic E-state index is 0.135. The number of carbonyl (C=O) groups is 1. The van der Waals surface area contributed by atoms with E-state index in [-0.39, 0.29) is 12.0 Å². The zero-order chi connectivity index (χ0) is 21.4. The third-order valence-electron chi connectivity index (χ3n) is 6.18. The van der Waals surface area contributed by atoms with Crippen molar-refractivity contribution in [1.29, 1.82) is 0 Å². The molecular weight excluding hydrogens is 356 g/mol. The molecule has 0 bridgehead atoms. The lowest BCUT2D eigenvalue weighted by atomic mass is 9.95. The third-order valence-corrected chi connectivity index (χ3v) is 6.18. The fraction of sp³-hybridized carbons (Fsp3) is 0.577. The summed E-state index contributed by atoms with van der Waals surface area (Å²) in [5.41, 5.74) is 3.78. The average Bonchev–Trinajstić information content (AvgIpc) is 3.12. The fourth-order valence-corrected chi connectivity index (χ4v) is 3.90. The molecule has 0 spiro atoms. The molecule has 0 aliphatic heterocycles. The number of nitrogens with zero attached hydrogens (tertiary/aromatic N) is 2. The Balaban J connectivity index is 2.23. The maximum Gasteiger partial charge on any atom is 0.226 e. The van der Waals surface area contributed by atoms with Crippen LogP contribution >= 0.6 is 0 Å². The lowest BCUT2D eigenvalue weighted by Crippen LogP contribution is -2.44. The fourth-order valence-electron chi connectivity index (χ4n) is 3.90. The molecule has 29 heavy (non-hydrogen) atoms. The molecule has 2 aromatic rings. The molecule has 1 aromatic heterocycles. The first kappa shape index (κ1) is 23.3. The van der Waals surface area contributed by atoms with Crippen molar-refractivity contribution < 1.29 is 4.79 Å². The number of carbonyl (C=O) groups excluding carboxylic acids is 1. The maximum absolute atomic E-state index is 13.5. The molecule has 2 rings (SSSR count). The first-order chi connectivity index (χ1) is 13.9. The summed E-state index contributed by atoms with van der Waals surface area (Å²) >= 11 is 0. The zero-order valence-corrected chi connectivity index (χ0v) is 19.3. The van der Waals surface area contributed by atoms with Gasteiger partial charge in [-0.2, -0.15) is 0 Å². The Hall–Kier alpha value is -2.03. The smallest absolute Gasteiger partial charge is 0.226 e. The van der Waals surface area contributed by atoms with Crippen LogP contribution in [0.25, 0.3) is 0 Å². The lowest BCUT2D eigenvalue weighted by Gasteiger charge is -2.35. The highest BCUT2D eigenvalue weighted by Crippen LogP contribution is 2.23. The molecule has 0 fully saturated rings. The Morgan fingerprint density at radius 3 is 2.48 bits per heavy atom. The van der Waals surface area contributed by atoms with E-state index < -0.39 is 0 Å². The van der Waals surface area contributed by atoms with Gasteiger partial charge in [-0.05, 0) is 50.3 Å². The molecule has 0 N–H and O–H groups in total. The highest BCUT2D eigenvalue weighted by Gasteiger charge is 2.28. The van der Waals surface area contributed by atoms with Gasteiger partial charge in [0, 0.05) is 30.4 Å². The number of hydrogen-bond acceptors (Lipinski definition) is 1. The number of aryl methyl sites for hydroxylation is 1. The number of aromatic nitrogens is 1. The monoisotopic (exact) mass is 396 g/mol. The summed E-state index contributed by atoms with van der Waals surface area (Å²) in [5.74, 6) is 0.893. The predicted octanol–water partition coefficient (Wildman–Crippen LogP) is 6.43. The second-order valence-electron chi connectivity index (χ2n) is 8.81. The molecule has 0 saturated carbocycles. The summed E-state index contributed by atoms with van der Waals surface area (Å²) < 4.78 is 2.29. The maximum atomic E-state index is 13.5. The van der Waals surface area contributed by atoms with Gasteiger partial charge >= 0.3 is 0 Å². The van der Waals surface area contributed by atoms with Crippen LogP contribution in [-0.2, 0) is 17.9 Å². The Kier molecular flexibility index (Phi) is 9.00. The molecule has 1 heterocycles. The minimum atomic E-state index is 0.135. The van der Waals surface area contributed by atoms with Gasteiger partial charge in [0.2, 0.25) is 5.91 Å². The van der Waals surface area contributed by atoms with Crippen LogP contribution < -0.4 is 0 Å². The summed E-state index contributed by atoms with van der Waals surface area (Å²) in [5, 5.41) is 0. The van der Waals surface area contributed by atoms with Gasteiger partial charge in [0.1, 0.15) is 0 Å². The summed E-state index contributed by atoms with van der Waals surface area (Å²) in [6.07, 6.45) is 6.32. The SMILES string of the molecule is CCCC[C@H](CC)C(=O)N(Cc1cccn1Cc1cccc(C)c1)[C@H](C)C(C)C. The highest BCUT2D eigenvalue weighted by atomic mass is 16.2. The second kappa shape index (κ2) is 11.2. The van der Waals surface area contributed by atoms with Crippen LogP contribution in [0.3, 0.4) is 0 Å². The van der Waals surface area contributed by atoms with E-state index >= 15 is 0 Å². The van der Waals surface area contributed by atoms with Crippen LogP contribution in [-0.4, -0.2) is 21.4 Å². The van der Waals surface area contributed by atoms with Crippen LogP contribution in [0.4, 0.5) is 0 Å². The quantitative estimate of drug-likeness (QED) is 0.429. The van der Waals surface area contributed by atoms with Crippen molar-refractivity contribution >= 4 is 5.91 Å². The minimum Gasteiger partial charge on any atom is -0.345 e. The van der Waals surface area contributed by atoms with Gasteiger partial charge in [0.05, 0.1) is 6.54 Å². The Morgan fingerprint density at radius 2 is 1.86 bits per heavy atom. The van der Waals surface area contributed by atoms with E-state index in [2.05, 4.69) is 93.6 Å². The molecule has 0 aliphatic carbocycles. The van der Waals surface area contributed by atoms with E-state index in [1.165, 1.54) is 16.8 Å². The van der Waals surface area contributed by atoms with E-state index in [1.54, 1.807) is 0 Å². The molecule has 1 aromatic carbocycles. The van der Waals surface area contributed by atoms with Crippen molar-refractivity contribution in [3.8, 4) is 0 Å². The van der Waals surface area contributed by atoms with Crippen molar-refractivity contribution in [3.05, 3.63) is 59.4 Å². The van der Waals surface area contributed by atoms with Crippen molar-refractivity contribution in [2.24, 2.45) is 11.8 Å². The standard InChI is InChI=1S/C26H40N2O/c1-7-9-14-24(8-2)26(29)28(22(6)20(3)4)19-25-15-11-16-27(25)18-23-13-10-12-21(5)17-23/h10-13,15-17,20,22,24H,7-9,14,18-19H2,1-6H3/t22-,24+/m1/s1. The topological polar surface area (TPSA) is 25.2 Å². The largest absolute Gasteiger partial charge is 0.345 e. The first-order valence-electron chi connectivity index (χ1n) is 11.4. The second-order valence-corrected chi connectivity index (χ2v) is 8.81. The molecule has 1 amide bonds. The molecule has 0 aliphatic rings. The number of amides is 1. The van der Waals surface area contributed by atoms with Gasteiger partial charge in [-0.3, -0.25) is 4.79 Å². The molecular formula is C26H40N2O. The molecule has 0 radical (unpaired) electrons. The summed E-state index contributed by atoms with van der Waals surface area (Å²) in [7, 11) is 0. The Labute approximate surface area is 178 Å². The molecule has 2 atom stereocenters. The van der Waals surface area contributed by atoms with Gasteiger partial charge < -0.3 is 9.47 Å². The Morgan fingerprint density at radius 1 is 1.10 bits per heavy atom. The molecule has 3 nitrogen and oxygen atoms in total. The van der Waals surface area contributed by atoms with Gasteiger partial charge in [-0.25, -0.2) is 0 Å². The molecule has 160 valence electrons. The van der Waals surface area contributed by atoms with Crippen LogP contribution in [0.15, 0.2) is 42.6 Å². The van der Waals surface area contributed by atoms with E-state index in [1.807, 2.05) is 0 Å². The van der Waals surface area contributed by atoms with E-state index in [0.717, 1.165) is 32.2 Å². The zero-order valence-electron chi connectivity index (χ0n) is 19.3. The molecule has 0 unspecified atom stereocenters. The van der Waals surface area contributed by atoms with Gasteiger partial charge in [0.15, 0.2) is 0 Å². The number of benzene rings is 1. The highest BCUT2D eigenvalue weighted by molar-refractivity contribution is 5.79. The van der Waals surface area contributed by atoms with Crippen molar-refractivity contribution in [2.45, 2.75) is 86.4 Å². The number of hydrogen-bond donors (Lipinski definition) is 0. The molecule has 3 heteroatoms. The van der Waals surface area contributed by atoms with Gasteiger partial charge in [0.25, 0.3) is 0 Å². The average molecular weight is 397 g/mol. The normalized spacial score (nSPS) is 13.5. The number of unbranched alkanes of at least 4 members (excludes halogenated alkanes) is 1. The van der Waals surface area contributed by atoms with Gasteiger partial charge in [-0.1, -0.05) is 70.4 Å². The van der Waals surface area contributed by atoms with Gasteiger partial charge in [-0.15, -0.1) is 0 Å². The van der Waals surface area contributed by atoms with Crippen LogP contribution in [0.5, 0.6) is 0 Å². The van der Waals surface area contributed by atoms with Crippen LogP contribution in [0.1, 0.15) is 77.1 Å². The number of rotatable bonds is 11. The summed E-state index contributed by atoms with van der Waals surface area (Å²) in [6, 6.07) is 13.1. The van der Waals surface area contributed by atoms with Crippen molar-refractivity contribution in [3.63, 3.8) is 0 Å². The van der Waals surface area contributed by atoms with Crippen LogP contribution in [0.2, 0.25) is 0 Å². The van der Waals surface area contributed by atoms with E-state index in [0.29, 0.717) is 18.4 Å². The third kappa shape index (κ3) is 6.48. The van der Waals surface area contributed by atoms with Crippen LogP contribution in [0, 0.1) is 18.8 Å². The van der Waals surface area contributed by atoms with E-state index in [4.69, 9.17) is 0 Å². The van der Waals surface area contributed by atoms with E-state index in [9.17, 15) is 4.79 Å².